The summed E-state index contributed by atoms with van der Waals surface area (Å²) < 4.78 is 0. The Morgan fingerprint density at radius 3 is 2.80 bits per heavy atom. The van der Waals surface area contributed by atoms with E-state index in [2.05, 4.69) is 4.98 Å². The van der Waals surface area contributed by atoms with E-state index in [9.17, 15) is 0 Å². The van der Waals surface area contributed by atoms with Gasteiger partial charge >= 0.3 is 0 Å². The van der Waals surface area contributed by atoms with E-state index < -0.39 is 0 Å². The summed E-state index contributed by atoms with van der Waals surface area (Å²) in [6.45, 7) is 2.05. The molecule has 1 aromatic heterocycles. The van der Waals surface area contributed by atoms with E-state index in [0.29, 0.717) is 5.13 Å². The minimum Gasteiger partial charge on any atom is -0.391 e. The number of anilines is 1. The van der Waals surface area contributed by atoms with E-state index in [4.69, 9.17) is 10.8 Å². The number of aliphatic hydroxyl groups is 1. The van der Waals surface area contributed by atoms with Gasteiger partial charge in [-0.25, -0.2) is 4.98 Å². The zero-order chi connectivity index (χ0) is 7.56. The van der Waals surface area contributed by atoms with Crippen molar-refractivity contribution < 1.29 is 5.11 Å². The molecular formula is C6H10N2OS. The average molecular weight is 158 g/mol. The molecule has 3 N–H and O–H groups in total. The second-order valence-corrected chi connectivity index (χ2v) is 3.05. The summed E-state index contributed by atoms with van der Waals surface area (Å²) in [4.78, 5) is 4.93. The van der Waals surface area contributed by atoms with Crippen molar-refractivity contribution in [3.05, 3.63) is 10.6 Å². The zero-order valence-corrected chi connectivity index (χ0v) is 6.61. The minimum absolute atomic E-state index is 0.0536. The van der Waals surface area contributed by atoms with Gasteiger partial charge in [0.05, 0.1) is 17.2 Å². The fraction of sp³-hybridized carbons (Fsp3) is 0.500. The molecule has 0 fully saturated rings. The molecule has 0 amide bonds. The van der Waals surface area contributed by atoms with Crippen molar-refractivity contribution in [3.8, 4) is 0 Å². The van der Waals surface area contributed by atoms with Crippen molar-refractivity contribution in [2.45, 2.75) is 20.0 Å². The van der Waals surface area contributed by atoms with Gasteiger partial charge < -0.3 is 10.8 Å². The van der Waals surface area contributed by atoms with Crippen LogP contribution in [0.25, 0.3) is 0 Å². The van der Waals surface area contributed by atoms with Crippen LogP contribution in [0.2, 0.25) is 0 Å². The number of hydrogen-bond acceptors (Lipinski definition) is 4. The summed E-state index contributed by atoms with van der Waals surface area (Å²) in [5.41, 5.74) is 6.35. The number of aryl methyl sites for hydroxylation is 1. The number of nitrogens with two attached hydrogens (primary N) is 1. The van der Waals surface area contributed by atoms with Gasteiger partial charge in [-0.05, 0) is 6.42 Å². The lowest BCUT2D eigenvalue weighted by molar-refractivity contribution is 0.284. The molecule has 0 aliphatic carbocycles. The molecule has 0 bridgehead atoms. The summed E-state index contributed by atoms with van der Waals surface area (Å²) >= 11 is 1.36. The fourth-order valence-corrected chi connectivity index (χ4v) is 1.58. The number of nitrogen functional groups attached to an aromatic ring is 1. The number of nitrogens with zero attached hydrogens (tertiary/aromatic N) is 1. The minimum atomic E-state index is 0.0536. The Hall–Kier alpha value is -0.610. The third kappa shape index (κ3) is 1.27. The monoisotopic (exact) mass is 158 g/mol. The molecule has 0 unspecified atom stereocenters. The van der Waals surface area contributed by atoms with Crippen LogP contribution in [0.15, 0.2) is 0 Å². The van der Waals surface area contributed by atoms with Crippen molar-refractivity contribution in [1.82, 2.24) is 4.98 Å². The molecule has 1 rings (SSSR count). The molecule has 0 saturated carbocycles. The Bertz CT molecular complexity index is 200. The van der Waals surface area contributed by atoms with Crippen LogP contribution in [0.3, 0.4) is 0 Å². The van der Waals surface area contributed by atoms with E-state index in [1.165, 1.54) is 11.3 Å². The van der Waals surface area contributed by atoms with Gasteiger partial charge in [0.15, 0.2) is 5.13 Å². The highest BCUT2D eigenvalue weighted by Gasteiger charge is 2.04. The van der Waals surface area contributed by atoms with Gasteiger partial charge in [-0.3, -0.25) is 0 Å². The fourth-order valence-electron chi connectivity index (χ4n) is 0.803. The van der Waals surface area contributed by atoms with E-state index >= 15 is 0 Å². The summed E-state index contributed by atoms with van der Waals surface area (Å²) in [5.74, 6) is 0. The summed E-state index contributed by atoms with van der Waals surface area (Å²) in [7, 11) is 0. The largest absolute Gasteiger partial charge is 0.391 e. The van der Waals surface area contributed by atoms with E-state index in [1.54, 1.807) is 0 Å². The summed E-state index contributed by atoms with van der Waals surface area (Å²) in [6, 6.07) is 0. The molecule has 56 valence electrons. The van der Waals surface area contributed by atoms with Gasteiger partial charge in [-0.1, -0.05) is 18.3 Å². The Kier molecular flexibility index (Phi) is 2.24. The predicted octanol–water partition coefficient (Wildman–Crippen LogP) is 0.780. The van der Waals surface area contributed by atoms with Gasteiger partial charge in [0.1, 0.15) is 0 Å². The van der Waals surface area contributed by atoms with E-state index in [0.717, 1.165) is 17.0 Å². The van der Waals surface area contributed by atoms with Gasteiger partial charge in [-0.15, -0.1) is 0 Å². The Morgan fingerprint density at radius 1 is 1.70 bits per heavy atom. The number of aromatic nitrogens is 1. The van der Waals surface area contributed by atoms with Gasteiger partial charge in [0, 0.05) is 0 Å². The molecule has 0 aliphatic rings. The van der Waals surface area contributed by atoms with Crippen LogP contribution in [0.4, 0.5) is 5.13 Å². The molecule has 0 spiro atoms. The maximum atomic E-state index is 8.78. The predicted molar refractivity (Wildman–Crippen MR) is 41.8 cm³/mol. The van der Waals surface area contributed by atoms with Crippen molar-refractivity contribution >= 4 is 16.5 Å². The second-order valence-electron chi connectivity index (χ2n) is 1.93. The highest BCUT2D eigenvalue weighted by Crippen LogP contribution is 2.20. The lowest BCUT2D eigenvalue weighted by Gasteiger charge is -1.90. The van der Waals surface area contributed by atoms with Crippen LogP contribution in [0, 0.1) is 0 Å². The summed E-state index contributed by atoms with van der Waals surface area (Å²) in [5, 5.41) is 9.32. The van der Waals surface area contributed by atoms with Crippen molar-refractivity contribution in [2.24, 2.45) is 0 Å². The Morgan fingerprint density at radius 2 is 2.40 bits per heavy atom. The van der Waals surface area contributed by atoms with Gasteiger partial charge in [0.25, 0.3) is 0 Å². The van der Waals surface area contributed by atoms with Crippen LogP contribution in [0.1, 0.15) is 17.5 Å². The third-order valence-corrected chi connectivity index (χ3v) is 2.18. The molecule has 3 nitrogen and oxygen atoms in total. The molecule has 0 saturated heterocycles. The molecule has 0 aliphatic heterocycles. The topological polar surface area (TPSA) is 59.1 Å². The number of rotatable bonds is 2. The highest BCUT2D eigenvalue weighted by atomic mass is 32.1. The van der Waals surface area contributed by atoms with Gasteiger partial charge in [-0.2, -0.15) is 0 Å². The summed E-state index contributed by atoms with van der Waals surface area (Å²) in [6.07, 6.45) is 0.837. The van der Waals surface area contributed by atoms with Crippen molar-refractivity contribution in [1.29, 1.82) is 0 Å². The molecule has 10 heavy (non-hydrogen) atoms. The quantitative estimate of drug-likeness (QED) is 0.668. The average Bonchev–Trinajstić information content (AvgIpc) is 2.30. The molecule has 1 aromatic rings. The maximum Gasteiger partial charge on any atom is 0.180 e. The van der Waals surface area contributed by atoms with E-state index in [1.807, 2.05) is 6.92 Å². The highest BCUT2D eigenvalue weighted by molar-refractivity contribution is 7.15. The van der Waals surface area contributed by atoms with Crippen LogP contribution in [0.5, 0.6) is 0 Å². The Labute approximate surface area is 63.5 Å². The molecule has 0 aromatic carbocycles. The van der Waals surface area contributed by atoms with Crippen LogP contribution < -0.4 is 5.73 Å². The lowest BCUT2D eigenvalue weighted by atomic mass is 10.3. The normalized spacial score (nSPS) is 10.2. The lowest BCUT2D eigenvalue weighted by Crippen LogP contribution is -1.87. The molecule has 0 radical (unpaired) electrons. The zero-order valence-electron chi connectivity index (χ0n) is 5.79. The smallest absolute Gasteiger partial charge is 0.180 e. The van der Waals surface area contributed by atoms with Crippen LogP contribution in [-0.2, 0) is 13.0 Å². The van der Waals surface area contributed by atoms with E-state index in [-0.39, 0.29) is 6.61 Å². The molecule has 1 heterocycles. The SMILES string of the molecule is CCc1nc(N)sc1CO. The van der Waals surface area contributed by atoms with Gasteiger partial charge in [0.2, 0.25) is 0 Å². The van der Waals surface area contributed by atoms with Crippen molar-refractivity contribution in [3.63, 3.8) is 0 Å². The first-order valence-electron chi connectivity index (χ1n) is 3.12. The molecule has 4 heteroatoms. The third-order valence-electron chi connectivity index (χ3n) is 1.27. The number of aliphatic hydroxyl groups excluding tert-OH is 1. The first-order valence-corrected chi connectivity index (χ1v) is 3.94. The number of hydrogen-bond donors (Lipinski definition) is 2. The van der Waals surface area contributed by atoms with Crippen molar-refractivity contribution in [2.75, 3.05) is 5.73 Å². The van der Waals surface area contributed by atoms with Crippen LogP contribution >= 0.6 is 11.3 Å². The first kappa shape index (κ1) is 7.50. The number of thiazole rings is 1. The molecular weight excluding hydrogens is 148 g/mol. The standard InChI is InChI=1S/C6H10N2OS/c1-2-4-5(3-9)10-6(7)8-4/h9H,2-3H2,1H3,(H2,7,8). The van der Waals surface area contributed by atoms with Crippen LogP contribution in [-0.4, -0.2) is 10.1 Å². The second kappa shape index (κ2) is 2.98. The maximum absolute atomic E-state index is 8.78. The first-order chi connectivity index (χ1) is 4.77. The molecule has 0 atom stereocenters. The Balaban J connectivity index is 2.96.